The molecule has 4 rings (SSSR count). The zero-order valence-electron chi connectivity index (χ0n) is 21.2. The maximum Gasteiger partial charge on any atom is 0.194 e. The van der Waals surface area contributed by atoms with E-state index in [2.05, 4.69) is 15.6 Å². The van der Waals surface area contributed by atoms with Crippen molar-refractivity contribution in [1.82, 2.24) is 10.3 Å². The summed E-state index contributed by atoms with van der Waals surface area (Å²) in [7, 11) is 1.53. The van der Waals surface area contributed by atoms with Gasteiger partial charge in [0, 0.05) is 41.5 Å². The number of aromatic nitrogens is 1. The number of pyridine rings is 1. The van der Waals surface area contributed by atoms with Crippen molar-refractivity contribution in [2.45, 2.75) is 51.0 Å². The van der Waals surface area contributed by atoms with Crippen molar-refractivity contribution in [3.63, 3.8) is 0 Å². The Morgan fingerprint density at radius 1 is 1.08 bits per heavy atom. The van der Waals surface area contributed by atoms with Crippen molar-refractivity contribution in [1.29, 1.82) is 0 Å². The summed E-state index contributed by atoms with van der Waals surface area (Å²) in [5.74, 6) is -3.53. The molecule has 0 aliphatic carbocycles. The predicted octanol–water partition coefficient (Wildman–Crippen LogP) is 5.18. The molecule has 2 atom stereocenters. The second-order valence-corrected chi connectivity index (χ2v) is 9.87. The molecule has 1 aliphatic rings. The third-order valence-electron chi connectivity index (χ3n) is 7.63. The van der Waals surface area contributed by atoms with Crippen LogP contribution in [-0.4, -0.2) is 48.0 Å². The van der Waals surface area contributed by atoms with Crippen LogP contribution in [0.25, 0.3) is 10.9 Å². The number of nitrogens with zero attached hydrogens (tertiary/aromatic N) is 1. The Hall–Kier alpha value is -2.95. The van der Waals surface area contributed by atoms with Gasteiger partial charge in [-0.1, -0.05) is 0 Å². The third kappa shape index (κ3) is 6.03. The number of hydrogen-bond donors (Lipinski definition) is 4. The molecule has 1 fully saturated rings. The van der Waals surface area contributed by atoms with Crippen LogP contribution in [0.1, 0.15) is 49.3 Å². The fraction of sp³-hybridized carbons (Fsp3) is 0.464. The van der Waals surface area contributed by atoms with Gasteiger partial charge in [-0.3, -0.25) is 4.98 Å². The van der Waals surface area contributed by atoms with Crippen LogP contribution in [0.2, 0.25) is 0 Å². The summed E-state index contributed by atoms with van der Waals surface area (Å²) in [6, 6.07) is 7.00. The van der Waals surface area contributed by atoms with Gasteiger partial charge in [0.05, 0.1) is 24.8 Å². The van der Waals surface area contributed by atoms with Gasteiger partial charge in [0.15, 0.2) is 17.5 Å². The van der Waals surface area contributed by atoms with Crippen molar-refractivity contribution >= 4 is 16.6 Å². The van der Waals surface area contributed by atoms with Crippen LogP contribution in [0.4, 0.5) is 23.2 Å². The van der Waals surface area contributed by atoms with Gasteiger partial charge >= 0.3 is 0 Å². The minimum atomic E-state index is -1.53. The van der Waals surface area contributed by atoms with Gasteiger partial charge in [0.2, 0.25) is 0 Å². The summed E-state index contributed by atoms with van der Waals surface area (Å²) >= 11 is 0. The molecule has 0 spiro atoms. The number of ether oxygens (including phenoxy) is 1. The largest absolute Gasteiger partial charge is 0.497 e. The second-order valence-electron chi connectivity index (χ2n) is 9.87. The molecular weight excluding hydrogens is 502 g/mol. The van der Waals surface area contributed by atoms with Crippen LogP contribution in [0.5, 0.6) is 5.75 Å². The first kappa shape index (κ1) is 28.1. The van der Waals surface area contributed by atoms with Crippen LogP contribution in [-0.2, 0) is 6.67 Å². The molecule has 2 aromatic carbocycles. The summed E-state index contributed by atoms with van der Waals surface area (Å²) in [5.41, 5.74) is 0.970. The smallest absolute Gasteiger partial charge is 0.194 e. The number of nitrogens with one attached hydrogen (secondary N) is 2. The Morgan fingerprint density at radius 2 is 1.79 bits per heavy atom. The maximum absolute atomic E-state index is 13.9. The molecule has 1 saturated heterocycles. The van der Waals surface area contributed by atoms with E-state index in [1.54, 1.807) is 18.2 Å². The van der Waals surface area contributed by atoms with Crippen molar-refractivity contribution < 1.29 is 32.5 Å². The molecule has 38 heavy (non-hydrogen) atoms. The van der Waals surface area contributed by atoms with Crippen molar-refractivity contribution in [2.24, 2.45) is 5.41 Å². The number of aliphatic hydroxyl groups excluding tert-OH is 2. The van der Waals surface area contributed by atoms with Crippen LogP contribution in [0, 0.1) is 22.9 Å². The molecule has 1 aliphatic heterocycles. The topological polar surface area (TPSA) is 86.6 Å². The Labute approximate surface area is 219 Å². The lowest BCUT2D eigenvalue weighted by molar-refractivity contribution is -0.0180. The Kier molecular flexibility index (Phi) is 9.07. The van der Waals surface area contributed by atoms with Gasteiger partial charge in [-0.05, 0) is 74.4 Å². The van der Waals surface area contributed by atoms with E-state index in [1.165, 1.54) is 13.3 Å². The number of hydrogen-bond acceptors (Lipinski definition) is 6. The second kappa shape index (κ2) is 12.3. The summed E-state index contributed by atoms with van der Waals surface area (Å²) in [6.07, 6.45) is 2.08. The Balaban J connectivity index is 1.48. The first-order valence-corrected chi connectivity index (χ1v) is 12.7. The average molecular weight is 536 g/mol. The molecule has 6 nitrogen and oxygen atoms in total. The quantitative estimate of drug-likeness (QED) is 0.200. The molecule has 206 valence electrons. The molecule has 4 N–H and O–H groups in total. The van der Waals surface area contributed by atoms with E-state index in [0.717, 1.165) is 12.1 Å². The minimum Gasteiger partial charge on any atom is -0.497 e. The first-order chi connectivity index (χ1) is 18.3. The molecule has 0 radical (unpaired) electrons. The lowest BCUT2D eigenvalue weighted by Crippen LogP contribution is -2.45. The lowest BCUT2D eigenvalue weighted by atomic mass is 9.69. The van der Waals surface area contributed by atoms with E-state index in [4.69, 9.17) is 4.74 Å². The fourth-order valence-electron chi connectivity index (χ4n) is 5.42. The van der Waals surface area contributed by atoms with Crippen molar-refractivity contribution in [3.8, 4) is 5.75 Å². The van der Waals surface area contributed by atoms with E-state index in [9.17, 15) is 27.8 Å². The molecule has 0 amide bonds. The number of halogens is 4. The molecule has 0 saturated carbocycles. The molecular formula is C28H33F4N3O3. The summed E-state index contributed by atoms with van der Waals surface area (Å²) in [6.45, 7) is 0.824. The molecule has 3 aromatic rings. The highest BCUT2D eigenvalue weighted by Crippen LogP contribution is 2.42. The summed E-state index contributed by atoms with van der Waals surface area (Å²) < 4.78 is 59.5. The first-order valence-electron chi connectivity index (χ1n) is 12.7. The van der Waals surface area contributed by atoms with Crippen LogP contribution in [0.15, 0.2) is 36.5 Å². The number of fused-ring (bicyclic) bond motifs is 1. The Bertz CT molecular complexity index is 1230. The monoisotopic (exact) mass is 535 g/mol. The number of piperidine rings is 1. The normalized spacial score (nSPS) is 16.8. The van der Waals surface area contributed by atoms with Gasteiger partial charge in [0.1, 0.15) is 12.4 Å². The minimum absolute atomic E-state index is 0.0853. The average Bonchev–Trinajstić information content (AvgIpc) is 2.93. The number of aliphatic hydroxyl groups is 2. The van der Waals surface area contributed by atoms with E-state index in [-0.39, 0.29) is 18.7 Å². The van der Waals surface area contributed by atoms with Crippen molar-refractivity contribution in [2.75, 3.05) is 32.1 Å². The van der Waals surface area contributed by atoms with Gasteiger partial charge < -0.3 is 25.6 Å². The van der Waals surface area contributed by atoms with Gasteiger partial charge in [-0.25, -0.2) is 17.6 Å². The SMILES string of the molecule is COc1ccc2ncc(CF)c([C@H](O)CCC3([C@@H](O)CCNc4cc(F)c(F)c(F)c4)CCNCC3)c2c1. The van der Waals surface area contributed by atoms with Gasteiger partial charge in [-0.15, -0.1) is 0 Å². The van der Waals surface area contributed by atoms with E-state index >= 15 is 0 Å². The summed E-state index contributed by atoms with van der Waals surface area (Å²) in [5, 5.41) is 29.3. The lowest BCUT2D eigenvalue weighted by Gasteiger charge is -2.42. The molecule has 10 heteroatoms. The molecule has 0 unspecified atom stereocenters. The van der Waals surface area contributed by atoms with E-state index in [1.807, 2.05) is 0 Å². The van der Waals surface area contributed by atoms with E-state index in [0.29, 0.717) is 66.6 Å². The molecule has 1 aromatic heterocycles. The number of rotatable bonds is 11. The number of benzene rings is 2. The number of alkyl halides is 1. The highest BCUT2D eigenvalue weighted by Gasteiger charge is 2.39. The third-order valence-corrected chi connectivity index (χ3v) is 7.63. The fourth-order valence-corrected chi connectivity index (χ4v) is 5.42. The Morgan fingerprint density at radius 3 is 2.45 bits per heavy atom. The molecule has 0 bridgehead atoms. The highest BCUT2D eigenvalue weighted by molar-refractivity contribution is 5.85. The maximum atomic E-state index is 13.9. The van der Waals surface area contributed by atoms with E-state index < -0.39 is 41.7 Å². The number of anilines is 1. The zero-order chi connectivity index (χ0) is 27.3. The van der Waals surface area contributed by atoms with Crippen LogP contribution in [0.3, 0.4) is 0 Å². The number of methoxy groups -OCH3 is 1. The standard InChI is InChI=1S/C28H33F4N3O3/c1-38-19-2-3-23-20(14-19)26(17(15-29)16-35-23)24(36)4-6-28(7-10-33-11-8-28)25(37)5-9-34-18-12-21(30)27(32)22(31)13-18/h2-3,12-14,16,24-25,33-34,36-37H,4-11,15H2,1H3/t24-,25+/m1/s1. The zero-order valence-corrected chi connectivity index (χ0v) is 21.2. The van der Waals surface area contributed by atoms with Gasteiger partial charge in [0.25, 0.3) is 0 Å². The van der Waals surface area contributed by atoms with Crippen LogP contribution >= 0.6 is 0 Å². The highest BCUT2D eigenvalue weighted by atomic mass is 19.2. The summed E-state index contributed by atoms with van der Waals surface area (Å²) in [4.78, 5) is 4.31. The van der Waals surface area contributed by atoms with Crippen molar-refractivity contribution in [3.05, 3.63) is 65.1 Å². The van der Waals surface area contributed by atoms with Gasteiger partial charge in [-0.2, -0.15) is 0 Å². The molecule has 2 heterocycles. The van der Waals surface area contributed by atoms with Crippen LogP contribution < -0.4 is 15.4 Å². The predicted molar refractivity (Wildman–Crippen MR) is 137 cm³/mol.